The number of nitrogens with two attached hydrogens (primary N) is 1. The minimum atomic E-state index is -3.94. The fourth-order valence-electron chi connectivity index (χ4n) is 1.87. The van der Waals surface area contributed by atoms with Crippen LogP contribution in [0.1, 0.15) is 19.3 Å². The highest BCUT2D eigenvalue weighted by Gasteiger charge is 2.38. The van der Waals surface area contributed by atoms with E-state index in [9.17, 15) is 12.8 Å². The van der Waals surface area contributed by atoms with Gasteiger partial charge in [0.05, 0.1) is 6.07 Å². The Kier molecular flexibility index (Phi) is 3.73. The van der Waals surface area contributed by atoms with E-state index in [4.69, 9.17) is 11.0 Å². The van der Waals surface area contributed by atoms with E-state index in [0.717, 1.165) is 25.0 Å². The summed E-state index contributed by atoms with van der Waals surface area (Å²) in [6.45, 7) is 0.0811. The topological polar surface area (TPSA) is 87.2 Å². The molecule has 0 aliphatic heterocycles. The van der Waals surface area contributed by atoms with Crippen molar-refractivity contribution in [1.29, 1.82) is 5.26 Å². The van der Waals surface area contributed by atoms with E-state index >= 15 is 0 Å². The Morgan fingerprint density at radius 1 is 1.47 bits per heavy atom. The number of anilines is 1. The van der Waals surface area contributed by atoms with Crippen molar-refractivity contribution in [2.75, 3.05) is 12.3 Å². The average Bonchev–Trinajstić information content (AvgIpc) is 3.17. The molecule has 1 aromatic rings. The van der Waals surface area contributed by atoms with Gasteiger partial charge >= 0.3 is 0 Å². The van der Waals surface area contributed by atoms with Crippen LogP contribution in [0.15, 0.2) is 23.1 Å². The van der Waals surface area contributed by atoms with E-state index < -0.39 is 20.7 Å². The van der Waals surface area contributed by atoms with Crippen LogP contribution in [0.2, 0.25) is 0 Å². The monoisotopic (exact) mass is 283 g/mol. The summed E-state index contributed by atoms with van der Waals surface area (Å²) in [5, 5.41) is 8.59. The third-order valence-corrected chi connectivity index (χ3v) is 4.91. The van der Waals surface area contributed by atoms with E-state index in [-0.39, 0.29) is 24.7 Å². The summed E-state index contributed by atoms with van der Waals surface area (Å²) < 4.78 is 39.7. The van der Waals surface area contributed by atoms with E-state index in [1.54, 1.807) is 0 Å². The molecule has 2 N–H and O–H groups in total. The highest BCUT2D eigenvalue weighted by molar-refractivity contribution is 7.89. The van der Waals surface area contributed by atoms with Crippen LogP contribution in [0.3, 0.4) is 0 Å². The molecule has 0 saturated heterocycles. The second-order valence-electron chi connectivity index (χ2n) is 4.44. The van der Waals surface area contributed by atoms with Gasteiger partial charge in [-0.1, -0.05) is 0 Å². The summed E-state index contributed by atoms with van der Waals surface area (Å²) in [5.74, 6) is -0.822. The smallest absolute Gasteiger partial charge is 0.246 e. The Morgan fingerprint density at radius 2 is 2.16 bits per heavy atom. The van der Waals surface area contributed by atoms with Gasteiger partial charge in [0.15, 0.2) is 0 Å². The molecule has 0 heterocycles. The molecule has 1 fully saturated rings. The van der Waals surface area contributed by atoms with Gasteiger partial charge in [-0.05, 0) is 31.0 Å². The number of hydrogen-bond donors (Lipinski definition) is 1. The molecule has 1 saturated carbocycles. The van der Waals surface area contributed by atoms with Gasteiger partial charge in [-0.3, -0.25) is 0 Å². The highest BCUT2D eigenvalue weighted by atomic mass is 32.2. The van der Waals surface area contributed by atoms with E-state index in [0.29, 0.717) is 0 Å². The third-order valence-electron chi connectivity index (χ3n) is 2.94. The summed E-state index contributed by atoms with van der Waals surface area (Å²) in [6.07, 6.45) is 1.57. The van der Waals surface area contributed by atoms with Gasteiger partial charge in [0.1, 0.15) is 10.7 Å². The largest absolute Gasteiger partial charge is 0.399 e. The predicted octanol–water partition coefficient (Wildman–Crippen LogP) is 1.47. The van der Waals surface area contributed by atoms with Crippen molar-refractivity contribution in [3.05, 3.63) is 24.0 Å². The zero-order valence-electron chi connectivity index (χ0n) is 10.2. The number of nitrogen functional groups attached to an aromatic ring is 1. The predicted molar refractivity (Wildman–Crippen MR) is 68.0 cm³/mol. The number of hydrogen-bond acceptors (Lipinski definition) is 4. The molecule has 2 rings (SSSR count). The molecule has 1 aliphatic carbocycles. The summed E-state index contributed by atoms with van der Waals surface area (Å²) >= 11 is 0. The van der Waals surface area contributed by atoms with Crippen molar-refractivity contribution in [2.45, 2.75) is 30.2 Å². The zero-order chi connectivity index (χ0) is 14.0. The molecule has 0 amide bonds. The number of halogens is 1. The summed E-state index contributed by atoms with van der Waals surface area (Å²) in [5.41, 5.74) is 5.70. The number of rotatable bonds is 5. The molecule has 0 unspecified atom stereocenters. The zero-order valence-corrected chi connectivity index (χ0v) is 11.0. The van der Waals surface area contributed by atoms with Gasteiger partial charge in [-0.2, -0.15) is 9.57 Å². The molecule has 0 atom stereocenters. The second-order valence-corrected chi connectivity index (χ2v) is 6.30. The summed E-state index contributed by atoms with van der Waals surface area (Å²) in [4.78, 5) is -0.419. The van der Waals surface area contributed by atoms with Crippen LogP contribution in [0, 0.1) is 17.1 Å². The molecule has 5 nitrogen and oxygen atoms in total. The SMILES string of the molecule is N#CCCN(C1CC1)S(=O)(=O)c1cc(N)ccc1F. The van der Waals surface area contributed by atoms with Crippen LogP contribution in [0.4, 0.5) is 10.1 Å². The minimum absolute atomic E-state index is 0.0811. The maximum Gasteiger partial charge on any atom is 0.246 e. The van der Waals surface area contributed by atoms with Gasteiger partial charge in [-0.25, -0.2) is 12.8 Å². The van der Waals surface area contributed by atoms with Crippen molar-refractivity contribution >= 4 is 15.7 Å². The van der Waals surface area contributed by atoms with Gasteiger partial charge in [0, 0.05) is 24.7 Å². The van der Waals surface area contributed by atoms with Crippen molar-refractivity contribution in [1.82, 2.24) is 4.31 Å². The van der Waals surface area contributed by atoms with Crippen molar-refractivity contribution in [3.8, 4) is 6.07 Å². The first kappa shape index (κ1) is 13.8. The van der Waals surface area contributed by atoms with Crippen LogP contribution in [0.25, 0.3) is 0 Å². The highest BCUT2D eigenvalue weighted by Crippen LogP contribution is 2.33. The molecule has 1 aromatic carbocycles. The first-order valence-electron chi connectivity index (χ1n) is 5.90. The lowest BCUT2D eigenvalue weighted by Gasteiger charge is -2.21. The van der Waals surface area contributed by atoms with E-state index in [2.05, 4.69) is 0 Å². The first-order chi connectivity index (χ1) is 8.96. The van der Waals surface area contributed by atoms with Crippen LogP contribution >= 0.6 is 0 Å². The Bertz CT molecular complexity index is 620. The number of nitriles is 1. The Hall–Kier alpha value is -1.65. The number of nitrogens with zero attached hydrogens (tertiary/aromatic N) is 2. The van der Waals surface area contributed by atoms with Crippen LogP contribution in [-0.4, -0.2) is 25.3 Å². The van der Waals surface area contributed by atoms with Gasteiger partial charge in [-0.15, -0.1) is 0 Å². The molecule has 7 heteroatoms. The lowest BCUT2D eigenvalue weighted by molar-refractivity contribution is 0.407. The fraction of sp³-hybridized carbons (Fsp3) is 0.417. The third kappa shape index (κ3) is 2.85. The quantitative estimate of drug-likeness (QED) is 0.829. The van der Waals surface area contributed by atoms with Crippen molar-refractivity contribution < 1.29 is 12.8 Å². The normalized spacial score (nSPS) is 15.4. The minimum Gasteiger partial charge on any atom is -0.399 e. The maximum atomic E-state index is 13.7. The maximum absolute atomic E-state index is 13.7. The summed E-state index contributed by atoms with van der Waals surface area (Å²) in [7, 11) is -3.94. The van der Waals surface area contributed by atoms with Crippen molar-refractivity contribution in [3.63, 3.8) is 0 Å². The van der Waals surface area contributed by atoms with Crippen molar-refractivity contribution in [2.24, 2.45) is 0 Å². The second kappa shape index (κ2) is 5.15. The fourth-order valence-corrected chi connectivity index (χ4v) is 3.65. The molecule has 19 heavy (non-hydrogen) atoms. The molecule has 0 bridgehead atoms. The van der Waals surface area contributed by atoms with Gasteiger partial charge < -0.3 is 5.73 Å². The lowest BCUT2D eigenvalue weighted by atomic mass is 10.3. The van der Waals surface area contributed by atoms with Gasteiger partial charge in [0.2, 0.25) is 10.0 Å². The molecule has 0 spiro atoms. The lowest BCUT2D eigenvalue weighted by Crippen LogP contribution is -2.34. The van der Waals surface area contributed by atoms with E-state index in [1.807, 2.05) is 6.07 Å². The summed E-state index contributed by atoms with van der Waals surface area (Å²) in [6, 6.07) is 5.25. The van der Waals surface area contributed by atoms with Gasteiger partial charge in [0.25, 0.3) is 0 Å². The van der Waals surface area contributed by atoms with Crippen LogP contribution < -0.4 is 5.73 Å². The Balaban J connectivity index is 2.39. The van der Waals surface area contributed by atoms with E-state index in [1.165, 1.54) is 10.4 Å². The molecular weight excluding hydrogens is 269 g/mol. The Labute approximate surface area is 111 Å². The average molecular weight is 283 g/mol. The molecule has 1 aliphatic rings. The standard InChI is InChI=1S/C12H14FN3O2S/c13-11-5-2-9(15)8-12(11)19(17,18)16(7-1-6-14)10-3-4-10/h2,5,8,10H,1,3-4,7,15H2. The van der Waals surface area contributed by atoms with Crippen LogP contribution in [0.5, 0.6) is 0 Å². The molecule has 0 aromatic heterocycles. The number of sulfonamides is 1. The number of benzene rings is 1. The molecule has 0 radical (unpaired) electrons. The first-order valence-corrected chi connectivity index (χ1v) is 7.34. The molecule has 102 valence electrons. The Morgan fingerprint density at radius 3 is 2.74 bits per heavy atom. The van der Waals surface area contributed by atoms with Crippen LogP contribution in [-0.2, 0) is 10.0 Å². The molecular formula is C12H14FN3O2S.